The average Bonchev–Trinajstić information content (AvgIpc) is 2.48. The number of hydrogen-bond donors (Lipinski definition) is 1. The predicted molar refractivity (Wildman–Crippen MR) is 93.6 cm³/mol. The minimum atomic E-state index is -0.884. The Morgan fingerprint density at radius 3 is 2.39 bits per heavy atom. The summed E-state index contributed by atoms with van der Waals surface area (Å²) < 4.78 is 5.39. The summed E-state index contributed by atoms with van der Waals surface area (Å²) in [6.07, 6.45) is 6.20. The van der Waals surface area contributed by atoms with Crippen molar-refractivity contribution in [1.82, 2.24) is 0 Å². The zero-order chi connectivity index (χ0) is 17.4. The maximum atomic E-state index is 11.9. The van der Waals surface area contributed by atoms with Crippen LogP contribution in [0.3, 0.4) is 0 Å². The first-order chi connectivity index (χ1) is 10.6. The van der Waals surface area contributed by atoms with E-state index in [-0.39, 0.29) is 5.41 Å². The third-order valence-electron chi connectivity index (χ3n) is 5.00. The van der Waals surface area contributed by atoms with Gasteiger partial charge in [-0.2, -0.15) is 0 Å². The summed E-state index contributed by atoms with van der Waals surface area (Å²) in [6, 6.07) is 4.07. The summed E-state index contributed by atoms with van der Waals surface area (Å²) in [4.78, 5) is 11.9. The smallest absolute Gasteiger partial charge is 0.341 e. The van der Waals surface area contributed by atoms with Crippen molar-refractivity contribution in [2.75, 3.05) is 0 Å². The molecule has 0 fully saturated rings. The van der Waals surface area contributed by atoms with Crippen LogP contribution >= 0.6 is 0 Å². The summed E-state index contributed by atoms with van der Waals surface area (Å²) in [5.41, 5.74) is 2.92. The van der Waals surface area contributed by atoms with Crippen molar-refractivity contribution >= 4 is 22.0 Å². The Kier molecular flexibility index (Phi) is 4.58. The number of aryl methyl sites for hydroxylation is 1. The van der Waals surface area contributed by atoms with E-state index < -0.39 is 11.4 Å². The lowest BCUT2D eigenvalue weighted by Gasteiger charge is -2.40. The summed E-state index contributed by atoms with van der Waals surface area (Å²) in [5, 5.41) is 9.75. The molecule has 3 nitrogen and oxygen atoms in total. The molecular weight excluding hydrogens is 304 g/mol. The van der Waals surface area contributed by atoms with Gasteiger partial charge in [0.2, 0.25) is 0 Å². The molecule has 121 valence electrons. The zero-order valence-corrected chi connectivity index (χ0v) is 15.4. The molecule has 1 aromatic rings. The first-order valence-corrected chi connectivity index (χ1v) is 8.12. The Labute approximate surface area is 141 Å². The van der Waals surface area contributed by atoms with E-state index in [0.29, 0.717) is 6.42 Å². The number of hydrogen-bond acceptors (Lipinski definition) is 2. The summed E-state index contributed by atoms with van der Waals surface area (Å²) in [6.45, 7) is 9.94. The normalized spacial score (nSPS) is 21.0. The van der Waals surface area contributed by atoms with Crippen molar-refractivity contribution in [3.05, 3.63) is 47.1 Å². The molecule has 1 N–H and O–H groups in total. The van der Waals surface area contributed by atoms with E-state index in [2.05, 4.69) is 16.6 Å². The van der Waals surface area contributed by atoms with E-state index in [4.69, 9.17) is 4.43 Å². The van der Waals surface area contributed by atoms with Gasteiger partial charge in [-0.15, -0.1) is 0 Å². The fraction of sp³-hybridized carbons (Fsp3) is 0.421. The third-order valence-corrected chi connectivity index (χ3v) is 5.21. The Hall–Kier alpha value is -1.81. The first kappa shape index (κ1) is 17.5. The van der Waals surface area contributed by atoms with Gasteiger partial charge in [0.1, 0.15) is 5.75 Å². The second kappa shape index (κ2) is 6.00. The molecule has 0 aromatic heterocycles. The van der Waals surface area contributed by atoms with Crippen LogP contribution in [0.5, 0.6) is 5.75 Å². The maximum absolute atomic E-state index is 11.9. The van der Waals surface area contributed by atoms with Gasteiger partial charge in [-0.25, -0.2) is 0 Å². The van der Waals surface area contributed by atoms with Gasteiger partial charge in [0, 0.05) is 5.56 Å². The Bertz CT molecular complexity index is 695. The van der Waals surface area contributed by atoms with Crippen LogP contribution in [0.4, 0.5) is 0 Å². The van der Waals surface area contributed by atoms with Gasteiger partial charge in [-0.05, 0) is 42.4 Å². The number of allylic oxidation sites excluding steroid dienone is 3. The van der Waals surface area contributed by atoms with Crippen LogP contribution in [0, 0.1) is 24.7 Å². The Balaban J connectivity index is 2.47. The van der Waals surface area contributed by atoms with Crippen LogP contribution in [0.1, 0.15) is 43.9 Å². The van der Waals surface area contributed by atoms with Gasteiger partial charge in [-0.1, -0.05) is 51.1 Å². The van der Waals surface area contributed by atoms with E-state index in [1.807, 2.05) is 58.9 Å². The van der Waals surface area contributed by atoms with Crippen LogP contribution in [-0.2, 0) is 4.79 Å². The van der Waals surface area contributed by atoms with Gasteiger partial charge < -0.3 is 9.53 Å². The largest absolute Gasteiger partial charge is 0.540 e. The molecule has 23 heavy (non-hydrogen) atoms. The van der Waals surface area contributed by atoms with E-state index in [0.717, 1.165) is 28.0 Å². The van der Waals surface area contributed by atoms with Crippen molar-refractivity contribution in [2.45, 2.75) is 41.0 Å². The summed E-state index contributed by atoms with van der Waals surface area (Å²) >= 11 is 0. The first-order valence-electron chi connectivity index (χ1n) is 7.71. The highest BCUT2D eigenvalue weighted by Crippen LogP contribution is 2.47. The highest BCUT2D eigenvalue weighted by atomic mass is 28.2. The Morgan fingerprint density at radius 2 is 1.96 bits per heavy atom. The molecule has 1 aliphatic rings. The second-order valence-corrected chi connectivity index (χ2v) is 7.41. The van der Waals surface area contributed by atoms with Gasteiger partial charge >= 0.3 is 16.5 Å². The van der Waals surface area contributed by atoms with Crippen LogP contribution in [-0.4, -0.2) is 21.6 Å². The molecule has 1 aromatic carbocycles. The van der Waals surface area contributed by atoms with Crippen molar-refractivity contribution in [3.63, 3.8) is 0 Å². The lowest BCUT2D eigenvalue weighted by atomic mass is 9.62. The number of carbonyl (C=O) groups is 1. The van der Waals surface area contributed by atoms with Crippen molar-refractivity contribution in [1.29, 1.82) is 0 Å². The van der Waals surface area contributed by atoms with Crippen molar-refractivity contribution in [2.24, 2.45) is 10.8 Å². The summed E-state index contributed by atoms with van der Waals surface area (Å²) in [5.74, 6) is -0.00983. The number of carboxylic acids is 1. The molecule has 0 heterocycles. The Morgan fingerprint density at radius 1 is 1.30 bits per heavy atom. The van der Waals surface area contributed by atoms with Crippen molar-refractivity contribution < 1.29 is 14.3 Å². The van der Waals surface area contributed by atoms with Crippen LogP contribution < -0.4 is 4.43 Å². The fourth-order valence-electron chi connectivity index (χ4n) is 3.02. The number of aliphatic carboxylic acids is 1. The molecule has 2 rings (SSSR count). The van der Waals surface area contributed by atoms with Crippen LogP contribution in [0.15, 0.2) is 30.4 Å². The van der Waals surface area contributed by atoms with E-state index in [1.54, 1.807) is 0 Å². The lowest BCUT2D eigenvalue weighted by molar-refractivity contribution is -0.151. The molecule has 3 radical (unpaired) electrons. The SMILES string of the molecule is Cc1ccc(C2=CCC(C(=O)O)(C(C)(C)C)C=C2)c(O[Si])c1C. The van der Waals surface area contributed by atoms with Gasteiger partial charge in [0.15, 0.2) is 0 Å². The third kappa shape index (κ3) is 2.88. The monoisotopic (exact) mass is 327 g/mol. The van der Waals surface area contributed by atoms with E-state index in [9.17, 15) is 9.90 Å². The highest BCUT2D eigenvalue weighted by molar-refractivity contribution is 6.01. The molecule has 0 bridgehead atoms. The molecule has 0 saturated heterocycles. The minimum Gasteiger partial charge on any atom is -0.540 e. The topological polar surface area (TPSA) is 46.5 Å². The predicted octanol–water partition coefficient (Wildman–Crippen LogP) is 4.23. The molecule has 0 amide bonds. The highest BCUT2D eigenvalue weighted by Gasteiger charge is 2.46. The quantitative estimate of drug-likeness (QED) is 0.845. The van der Waals surface area contributed by atoms with Gasteiger partial charge in [0.25, 0.3) is 0 Å². The standard InChI is InChI=1S/C19H23O3Si/c1-12-6-7-15(16(22-23)13(12)2)14-8-10-19(11-9-14,17(20)21)18(3,4)5/h6-10H,11H2,1-5H3,(H,20,21). The summed E-state index contributed by atoms with van der Waals surface area (Å²) in [7, 11) is 3.14. The average molecular weight is 327 g/mol. The molecule has 1 atom stereocenters. The zero-order valence-electron chi connectivity index (χ0n) is 14.4. The van der Waals surface area contributed by atoms with Crippen molar-refractivity contribution in [3.8, 4) is 5.75 Å². The molecule has 4 heteroatoms. The number of rotatable bonds is 3. The molecular formula is C19H23O3Si. The molecule has 0 aliphatic heterocycles. The van der Waals surface area contributed by atoms with Crippen LogP contribution in [0.25, 0.3) is 5.57 Å². The number of carboxylic acid groups (broad SMARTS) is 1. The van der Waals surface area contributed by atoms with E-state index in [1.165, 1.54) is 0 Å². The molecule has 1 unspecified atom stereocenters. The lowest BCUT2D eigenvalue weighted by Crippen LogP contribution is -2.41. The maximum Gasteiger partial charge on any atom is 0.341 e. The van der Waals surface area contributed by atoms with Gasteiger partial charge in [0.05, 0.1) is 5.41 Å². The molecule has 0 spiro atoms. The fourth-order valence-corrected chi connectivity index (χ4v) is 3.29. The van der Waals surface area contributed by atoms with Gasteiger partial charge in [-0.3, -0.25) is 4.79 Å². The molecule has 0 saturated carbocycles. The number of benzene rings is 1. The molecule has 1 aliphatic carbocycles. The minimum absolute atomic E-state index is 0.366. The van der Waals surface area contributed by atoms with E-state index >= 15 is 0 Å². The second-order valence-electron chi connectivity index (χ2n) is 7.21. The van der Waals surface area contributed by atoms with Crippen LogP contribution in [0.2, 0.25) is 0 Å².